The second-order valence-corrected chi connectivity index (χ2v) is 10.2. The van der Waals surface area contributed by atoms with E-state index < -0.39 is 0 Å². The summed E-state index contributed by atoms with van der Waals surface area (Å²) in [5.74, 6) is 0.942. The van der Waals surface area contributed by atoms with Gasteiger partial charge in [-0.25, -0.2) is 0 Å². The lowest BCUT2D eigenvalue weighted by Gasteiger charge is -2.38. The number of halogens is 2. The van der Waals surface area contributed by atoms with Crippen LogP contribution in [0, 0.1) is 11.3 Å². The minimum atomic E-state index is 0.169. The summed E-state index contributed by atoms with van der Waals surface area (Å²) in [5.41, 5.74) is 1.47. The fourth-order valence-corrected chi connectivity index (χ4v) is 4.72. The van der Waals surface area contributed by atoms with Gasteiger partial charge in [0.1, 0.15) is 0 Å². The molecule has 0 spiro atoms. The Labute approximate surface area is 179 Å². The maximum Gasteiger partial charge on any atom is 0.234 e. The molecule has 0 aromatic heterocycles. The van der Waals surface area contributed by atoms with Gasteiger partial charge in [-0.2, -0.15) is 0 Å². The Morgan fingerprint density at radius 2 is 1.68 bits per heavy atom. The summed E-state index contributed by atoms with van der Waals surface area (Å²) in [6.07, 6.45) is 4.66. The van der Waals surface area contributed by atoms with E-state index in [0.29, 0.717) is 28.0 Å². The van der Waals surface area contributed by atoms with Crippen molar-refractivity contribution in [1.82, 2.24) is 10.2 Å². The van der Waals surface area contributed by atoms with Gasteiger partial charge in [-0.05, 0) is 55.2 Å². The molecule has 0 radical (unpaired) electrons. The Kier molecular flexibility index (Phi) is 7.17. The van der Waals surface area contributed by atoms with Gasteiger partial charge in [0.05, 0.1) is 16.6 Å². The highest BCUT2D eigenvalue weighted by atomic mass is 35.5. The SMILES string of the molecule is CC(C)(C)C1CCC(NC(=O)CN2CCN(c3ccc(Cl)c(Cl)c3)CC2)CC1. The number of anilines is 1. The van der Waals surface area contributed by atoms with E-state index >= 15 is 0 Å². The zero-order valence-electron chi connectivity index (χ0n) is 17.3. The van der Waals surface area contributed by atoms with Crippen molar-refractivity contribution >= 4 is 34.8 Å². The number of rotatable bonds is 4. The molecule has 0 bridgehead atoms. The number of amides is 1. The standard InChI is InChI=1S/C22H33Cl2N3O/c1-22(2,3)16-4-6-17(7-5-16)25-21(28)15-26-10-12-27(13-11-26)18-8-9-19(23)20(24)14-18/h8-9,14,16-17H,4-7,10-13,15H2,1-3H3,(H,25,28). The number of hydrogen-bond donors (Lipinski definition) is 1. The molecule has 0 unspecified atom stereocenters. The highest BCUT2D eigenvalue weighted by Gasteiger charge is 2.30. The topological polar surface area (TPSA) is 35.6 Å². The highest BCUT2D eigenvalue weighted by molar-refractivity contribution is 6.42. The molecule has 6 heteroatoms. The molecule has 1 aromatic rings. The van der Waals surface area contributed by atoms with Crippen molar-refractivity contribution in [1.29, 1.82) is 0 Å². The minimum absolute atomic E-state index is 0.169. The predicted octanol–water partition coefficient (Wildman–Crippen LogP) is 4.84. The van der Waals surface area contributed by atoms with E-state index in [4.69, 9.17) is 23.2 Å². The molecule has 28 heavy (non-hydrogen) atoms. The fraction of sp³-hybridized carbons (Fsp3) is 0.682. The molecular weight excluding hydrogens is 393 g/mol. The summed E-state index contributed by atoms with van der Waals surface area (Å²) in [5, 5.41) is 4.43. The second kappa shape index (κ2) is 9.23. The average Bonchev–Trinajstić information content (AvgIpc) is 2.64. The zero-order chi connectivity index (χ0) is 20.3. The Hall–Kier alpha value is -0.970. The van der Waals surface area contributed by atoms with E-state index in [0.717, 1.165) is 50.6 Å². The third-order valence-electron chi connectivity index (χ3n) is 6.32. The molecule has 1 amide bonds. The first-order valence-corrected chi connectivity index (χ1v) is 11.2. The Morgan fingerprint density at radius 3 is 2.25 bits per heavy atom. The number of piperazine rings is 1. The monoisotopic (exact) mass is 425 g/mol. The van der Waals surface area contributed by atoms with Crippen LogP contribution in [0.3, 0.4) is 0 Å². The number of benzene rings is 1. The van der Waals surface area contributed by atoms with E-state index in [-0.39, 0.29) is 5.91 Å². The predicted molar refractivity (Wildman–Crippen MR) is 118 cm³/mol. The number of hydrogen-bond acceptors (Lipinski definition) is 3. The summed E-state index contributed by atoms with van der Waals surface area (Å²) in [6.45, 7) is 11.0. The van der Waals surface area contributed by atoms with E-state index in [1.54, 1.807) is 0 Å². The molecule has 1 N–H and O–H groups in total. The van der Waals surface area contributed by atoms with Crippen molar-refractivity contribution in [2.75, 3.05) is 37.6 Å². The van der Waals surface area contributed by atoms with Crippen LogP contribution in [0.5, 0.6) is 0 Å². The van der Waals surface area contributed by atoms with Gasteiger partial charge < -0.3 is 10.2 Å². The first-order chi connectivity index (χ1) is 13.2. The number of nitrogens with zero attached hydrogens (tertiary/aromatic N) is 2. The van der Waals surface area contributed by atoms with Crippen LogP contribution < -0.4 is 10.2 Å². The zero-order valence-corrected chi connectivity index (χ0v) is 18.8. The second-order valence-electron chi connectivity index (χ2n) is 9.34. The molecule has 1 aliphatic carbocycles. The van der Waals surface area contributed by atoms with Gasteiger partial charge in [0.25, 0.3) is 0 Å². The van der Waals surface area contributed by atoms with Crippen LogP contribution in [0.4, 0.5) is 5.69 Å². The highest BCUT2D eigenvalue weighted by Crippen LogP contribution is 2.37. The molecule has 1 aliphatic heterocycles. The van der Waals surface area contributed by atoms with E-state index in [9.17, 15) is 4.79 Å². The lowest BCUT2D eigenvalue weighted by molar-refractivity contribution is -0.123. The van der Waals surface area contributed by atoms with Crippen molar-refractivity contribution in [2.24, 2.45) is 11.3 Å². The fourth-order valence-electron chi connectivity index (χ4n) is 4.43. The van der Waals surface area contributed by atoms with E-state index in [1.165, 1.54) is 12.8 Å². The summed E-state index contributed by atoms with van der Waals surface area (Å²) in [7, 11) is 0. The summed E-state index contributed by atoms with van der Waals surface area (Å²) < 4.78 is 0. The Morgan fingerprint density at radius 1 is 1.04 bits per heavy atom. The molecule has 1 saturated heterocycles. The van der Waals surface area contributed by atoms with Crippen molar-refractivity contribution in [3.05, 3.63) is 28.2 Å². The van der Waals surface area contributed by atoms with Gasteiger partial charge in [0.15, 0.2) is 0 Å². The van der Waals surface area contributed by atoms with Crippen LogP contribution in [0.15, 0.2) is 18.2 Å². The molecule has 1 heterocycles. The van der Waals surface area contributed by atoms with Gasteiger partial charge >= 0.3 is 0 Å². The van der Waals surface area contributed by atoms with Crippen molar-refractivity contribution in [3.63, 3.8) is 0 Å². The van der Waals surface area contributed by atoms with Crippen LogP contribution in [0.25, 0.3) is 0 Å². The molecule has 3 rings (SSSR count). The number of carbonyl (C=O) groups excluding carboxylic acids is 1. The summed E-state index contributed by atoms with van der Waals surface area (Å²) >= 11 is 12.1. The van der Waals surface area contributed by atoms with Gasteiger partial charge in [-0.1, -0.05) is 44.0 Å². The van der Waals surface area contributed by atoms with Crippen LogP contribution >= 0.6 is 23.2 Å². The lowest BCUT2D eigenvalue weighted by atomic mass is 9.71. The molecule has 0 atom stereocenters. The number of carbonyl (C=O) groups is 1. The van der Waals surface area contributed by atoms with E-state index in [1.807, 2.05) is 18.2 Å². The third-order valence-corrected chi connectivity index (χ3v) is 7.06. The maximum absolute atomic E-state index is 12.5. The molecular formula is C22H33Cl2N3O. The van der Waals surface area contributed by atoms with Crippen LogP contribution in [-0.4, -0.2) is 49.6 Å². The van der Waals surface area contributed by atoms with Crippen molar-refractivity contribution < 1.29 is 4.79 Å². The molecule has 2 aliphatic rings. The van der Waals surface area contributed by atoms with Gasteiger partial charge in [0.2, 0.25) is 5.91 Å². The molecule has 1 saturated carbocycles. The first kappa shape index (κ1) is 21.7. The minimum Gasteiger partial charge on any atom is -0.369 e. The Balaban J connectivity index is 1.40. The van der Waals surface area contributed by atoms with Gasteiger partial charge in [-0.3, -0.25) is 9.69 Å². The molecule has 1 aromatic carbocycles. The summed E-state index contributed by atoms with van der Waals surface area (Å²) in [6, 6.07) is 6.11. The lowest BCUT2D eigenvalue weighted by Crippen LogP contribution is -2.51. The van der Waals surface area contributed by atoms with Gasteiger partial charge in [0, 0.05) is 37.9 Å². The largest absolute Gasteiger partial charge is 0.369 e. The third kappa shape index (κ3) is 5.77. The van der Waals surface area contributed by atoms with Gasteiger partial charge in [-0.15, -0.1) is 0 Å². The van der Waals surface area contributed by atoms with Crippen LogP contribution in [-0.2, 0) is 4.79 Å². The summed E-state index contributed by atoms with van der Waals surface area (Å²) in [4.78, 5) is 17.0. The maximum atomic E-state index is 12.5. The van der Waals surface area contributed by atoms with Crippen LogP contribution in [0.1, 0.15) is 46.5 Å². The Bertz CT molecular complexity index is 673. The first-order valence-electron chi connectivity index (χ1n) is 10.4. The molecule has 2 fully saturated rings. The smallest absolute Gasteiger partial charge is 0.234 e. The van der Waals surface area contributed by atoms with Crippen LogP contribution in [0.2, 0.25) is 10.0 Å². The molecule has 156 valence electrons. The number of nitrogens with one attached hydrogen (secondary N) is 1. The average molecular weight is 426 g/mol. The normalized spacial score (nSPS) is 24.2. The quantitative estimate of drug-likeness (QED) is 0.749. The van der Waals surface area contributed by atoms with Crippen molar-refractivity contribution in [2.45, 2.75) is 52.5 Å². The molecule has 4 nitrogen and oxygen atoms in total. The van der Waals surface area contributed by atoms with E-state index in [2.05, 4.69) is 35.9 Å². The van der Waals surface area contributed by atoms with Crippen molar-refractivity contribution in [3.8, 4) is 0 Å².